The molecule has 3 aromatic rings. The fourth-order valence-corrected chi connectivity index (χ4v) is 2.89. The summed E-state index contributed by atoms with van der Waals surface area (Å²) >= 11 is 0. The summed E-state index contributed by atoms with van der Waals surface area (Å²) in [5, 5.41) is 13.3. The molecule has 25 heavy (non-hydrogen) atoms. The van der Waals surface area contributed by atoms with Crippen molar-refractivity contribution in [2.24, 2.45) is 0 Å². The zero-order valence-corrected chi connectivity index (χ0v) is 14.3. The fraction of sp³-hybridized carbons (Fsp3) is 0.211. The number of carbonyl (C=O) groups is 1. The number of nitrogens with zero attached hydrogens (tertiary/aromatic N) is 2. The number of halogens is 1. The van der Waals surface area contributed by atoms with Gasteiger partial charge in [0.2, 0.25) is 5.82 Å². The predicted octanol–water partition coefficient (Wildman–Crippen LogP) is 4.47. The quantitative estimate of drug-likeness (QED) is 0.761. The number of aryl methyl sites for hydroxylation is 3. The van der Waals surface area contributed by atoms with Crippen LogP contribution in [0.2, 0.25) is 0 Å². The maximum absolute atomic E-state index is 14.5. The van der Waals surface area contributed by atoms with Crippen molar-refractivity contribution < 1.29 is 18.8 Å². The molecule has 1 N–H and O–H groups in total. The summed E-state index contributed by atoms with van der Waals surface area (Å²) in [6, 6.07) is 6.72. The van der Waals surface area contributed by atoms with Crippen molar-refractivity contribution in [2.45, 2.75) is 27.7 Å². The van der Waals surface area contributed by atoms with Crippen molar-refractivity contribution in [3.05, 3.63) is 57.9 Å². The van der Waals surface area contributed by atoms with E-state index in [-0.39, 0.29) is 22.8 Å². The number of hydrogen-bond donors (Lipinski definition) is 1. The second-order valence-corrected chi connectivity index (χ2v) is 6.05. The monoisotopic (exact) mass is 340 g/mol. The lowest BCUT2D eigenvalue weighted by Crippen LogP contribution is -2.03. The number of benzene rings is 2. The molecule has 128 valence electrons. The standard InChI is InChI=1S/C19H17FN2O3/c1-9-7-8-13(19(23)24)12(4)14(9)17-21-18(25-22-17)15-10(2)5-6-11(3)16(15)20/h5-8H,1-4H3,(H,23,24). The summed E-state index contributed by atoms with van der Waals surface area (Å²) in [6.07, 6.45) is 0. The molecule has 3 rings (SSSR count). The van der Waals surface area contributed by atoms with Gasteiger partial charge in [-0.25, -0.2) is 9.18 Å². The Kier molecular flexibility index (Phi) is 4.12. The third-order valence-corrected chi connectivity index (χ3v) is 4.31. The van der Waals surface area contributed by atoms with E-state index in [2.05, 4.69) is 10.1 Å². The van der Waals surface area contributed by atoms with E-state index in [9.17, 15) is 14.3 Å². The second kappa shape index (κ2) is 6.12. The van der Waals surface area contributed by atoms with Gasteiger partial charge in [0.15, 0.2) is 0 Å². The number of carboxylic acids is 1. The molecule has 0 aliphatic rings. The molecule has 0 saturated carbocycles. The molecule has 0 saturated heterocycles. The van der Waals surface area contributed by atoms with Gasteiger partial charge in [0.1, 0.15) is 5.82 Å². The molecule has 1 heterocycles. The third-order valence-electron chi connectivity index (χ3n) is 4.31. The molecule has 6 heteroatoms. The minimum Gasteiger partial charge on any atom is -0.478 e. The highest BCUT2D eigenvalue weighted by molar-refractivity contribution is 5.92. The zero-order valence-electron chi connectivity index (χ0n) is 14.3. The van der Waals surface area contributed by atoms with Crippen LogP contribution in [0.3, 0.4) is 0 Å². The number of hydrogen-bond acceptors (Lipinski definition) is 4. The fourth-order valence-electron chi connectivity index (χ4n) is 2.89. The van der Waals surface area contributed by atoms with Crippen LogP contribution in [0, 0.1) is 33.5 Å². The minimum atomic E-state index is -1.02. The molecule has 5 nitrogen and oxygen atoms in total. The van der Waals surface area contributed by atoms with Crippen LogP contribution < -0.4 is 0 Å². The van der Waals surface area contributed by atoms with Gasteiger partial charge in [0.25, 0.3) is 5.89 Å². The summed E-state index contributed by atoms with van der Waals surface area (Å²) in [5.41, 5.74) is 3.55. The van der Waals surface area contributed by atoms with E-state index in [0.29, 0.717) is 22.3 Å². The van der Waals surface area contributed by atoms with E-state index in [1.54, 1.807) is 45.0 Å². The lowest BCUT2D eigenvalue weighted by molar-refractivity contribution is 0.0696. The number of rotatable bonds is 3. The number of carboxylic acid groups (broad SMARTS) is 1. The van der Waals surface area contributed by atoms with Crippen LogP contribution in [0.4, 0.5) is 4.39 Å². The molecule has 0 aliphatic carbocycles. The van der Waals surface area contributed by atoms with Crippen molar-refractivity contribution in [3.63, 3.8) is 0 Å². The van der Waals surface area contributed by atoms with Crippen LogP contribution in [0.15, 0.2) is 28.8 Å². The number of aromatic nitrogens is 2. The van der Waals surface area contributed by atoms with Crippen molar-refractivity contribution in [3.8, 4) is 22.8 Å². The molecule has 0 atom stereocenters. The molecule has 0 aliphatic heterocycles. The largest absolute Gasteiger partial charge is 0.478 e. The van der Waals surface area contributed by atoms with E-state index < -0.39 is 11.8 Å². The van der Waals surface area contributed by atoms with Crippen LogP contribution in [0.5, 0.6) is 0 Å². The molecule has 1 aromatic heterocycles. The first kappa shape index (κ1) is 16.8. The Bertz CT molecular complexity index is 993. The maximum Gasteiger partial charge on any atom is 0.335 e. The molecule has 0 unspecified atom stereocenters. The Morgan fingerprint density at radius 2 is 1.60 bits per heavy atom. The van der Waals surface area contributed by atoms with E-state index in [1.165, 1.54) is 0 Å². The summed E-state index contributed by atoms with van der Waals surface area (Å²) in [4.78, 5) is 15.7. The second-order valence-electron chi connectivity index (χ2n) is 6.05. The van der Waals surface area contributed by atoms with Crippen LogP contribution in [-0.4, -0.2) is 21.2 Å². The predicted molar refractivity (Wildman–Crippen MR) is 91.0 cm³/mol. The van der Waals surface area contributed by atoms with Gasteiger partial charge < -0.3 is 9.63 Å². The lowest BCUT2D eigenvalue weighted by atomic mass is 9.97. The van der Waals surface area contributed by atoms with E-state index >= 15 is 0 Å². The zero-order chi connectivity index (χ0) is 18.3. The van der Waals surface area contributed by atoms with E-state index in [0.717, 1.165) is 5.56 Å². The molecule has 0 fully saturated rings. The Hall–Kier alpha value is -3.02. The van der Waals surface area contributed by atoms with Gasteiger partial charge in [0, 0.05) is 5.56 Å². The van der Waals surface area contributed by atoms with Gasteiger partial charge in [0.05, 0.1) is 11.1 Å². The third kappa shape index (κ3) is 2.80. The van der Waals surface area contributed by atoms with Gasteiger partial charge in [-0.15, -0.1) is 0 Å². The topological polar surface area (TPSA) is 76.2 Å². The summed E-state index contributed by atoms with van der Waals surface area (Å²) < 4.78 is 19.8. The highest BCUT2D eigenvalue weighted by Crippen LogP contribution is 2.32. The van der Waals surface area contributed by atoms with Crippen molar-refractivity contribution in [2.75, 3.05) is 0 Å². The highest BCUT2D eigenvalue weighted by atomic mass is 19.1. The molecular weight excluding hydrogens is 323 g/mol. The first-order chi connectivity index (χ1) is 11.8. The SMILES string of the molecule is Cc1ccc(C)c(-c2nc(-c3c(C)ccc(C(=O)O)c3C)no2)c1F. The lowest BCUT2D eigenvalue weighted by Gasteiger charge is -2.08. The minimum absolute atomic E-state index is 0.0771. The molecule has 2 aromatic carbocycles. The molecule has 0 bridgehead atoms. The van der Waals surface area contributed by atoms with E-state index in [4.69, 9.17) is 4.52 Å². The van der Waals surface area contributed by atoms with Gasteiger partial charge in [-0.1, -0.05) is 23.4 Å². The van der Waals surface area contributed by atoms with Gasteiger partial charge in [-0.05, 0) is 56.0 Å². The van der Waals surface area contributed by atoms with Crippen LogP contribution in [0.1, 0.15) is 32.6 Å². The average molecular weight is 340 g/mol. The summed E-state index contributed by atoms with van der Waals surface area (Å²) in [5.74, 6) is -1.10. The Morgan fingerprint density at radius 1 is 1.00 bits per heavy atom. The summed E-state index contributed by atoms with van der Waals surface area (Å²) in [7, 11) is 0. The molecular formula is C19H17FN2O3. The number of aromatic carboxylic acids is 1. The van der Waals surface area contributed by atoms with Gasteiger partial charge >= 0.3 is 5.97 Å². The van der Waals surface area contributed by atoms with Crippen molar-refractivity contribution >= 4 is 5.97 Å². The van der Waals surface area contributed by atoms with Gasteiger partial charge in [-0.3, -0.25) is 0 Å². The average Bonchev–Trinajstić information content (AvgIpc) is 3.00. The Balaban J connectivity index is 2.18. The normalized spacial score (nSPS) is 10.9. The highest BCUT2D eigenvalue weighted by Gasteiger charge is 2.21. The first-order valence-corrected chi connectivity index (χ1v) is 7.75. The first-order valence-electron chi connectivity index (χ1n) is 7.75. The molecule has 0 radical (unpaired) electrons. The Morgan fingerprint density at radius 3 is 2.28 bits per heavy atom. The molecule has 0 spiro atoms. The van der Waals surface area contributed by atoms with Crippen LogP contribution >= 0.6 is 0 Å². The van der Waals surface area contributed by atoms with E-state index in [1.807, 2.05) is 6.92 Å². The van der Waals surface area contributed by atoms with Crippen molar-refractivity contribution in [1.29, 1.82) is 0 Å². The van der Waals surface area contributed by atoms with Crippen LogP contribution in [0.25, 0.3) is 22.8 Å². The van der Waals surface area contributed by atoms with Gasteiger partial charge in [-0.2, -0.15) is 4.98 Å². The maximum atomic E-state index is 14.5. The smallest absolute Gasteiger partial charge is 0.335 e. The Labute approximate surface area is 144 Å². The van der Waals surface area contributed by atoms with Crippen LogP contribution in [-0.2, 0) is 0 Å². The molecule has 0 amide bonds. The summed E-state index contributed by atoms with van der Waals surface area (Å²) in [6.45, 7) is 6.96. The van der Waals surface area contributed by atoms with Crippen molar-refractivity contribution in [1.82, 2.24) is 10.1 Å².